The first kappa shape index (κ1) is 14.0. The van der Waals surface area contributed by atoms with Gasteiger partial charge >= 0.3 is 0 Å². The zero-order valence-electron chi connectivity index (χ0n) is 10.6. The molecule has 0 aliphatic heterocycles. The molecule has 96 valence electrons. The minimum Gasteiger partial charge on any atom is -0.389 e. The van der Waals surface area contributed by atoms with Crippen molar-refractivity contribution in [3.05, 3.63) is 0 Å². The van der Waals surface area contributed by atoms with E-state index in [0.29, 0.717) is 12.8 Å². The molecule has 1 aliphatic rings. The highest BCUT2D eigenvalue weighted by molar-refractivity contribution is 7.90. The van der Waals surface area contributed by atoms with Gasteiger partial charge in [-0.15, -0.1) is 0 Å². The summed E-state index contributed by atoms with van der Waals surface area (Å²) < 4.78 is 22.1. The Morgan fingerprint density at radius 2 is 1.75 bits per heavy atom. The van der Waals surface area contributed by atoms with Gasteiger partial charge in [-0.25, -0.2) is 8.42 Å². The van der Waals surface area contributed by atoms with Gasteiger partial charge in [0.1, 0.15) is 9.84 Å². The topological polar surface area (TPSA) is 54.4 Å². The molecule has 0 heterocycles. The molecule has 1 N–H and O–H groups in total. The molecule has 16 heavy (non-hydrogen) atoms. The molecule has 0 aromatic carbocycles. The number of hydrogen-bond acceptors (Lipinski definition) is 3. The Bertz CT molecular complexity index is 332. The van der Waals surface area contributed by atoms with Gasteiger partial charge in [0.05, 0.1) is 5.60 Å². The summed E-state index contributed by atoms with van der Waals surface area (Å²) >= 11 is 0. The second kappa shape index (κ2) is 4.65. The number of hydrogen-bond donors (Lipinski definition) is 1. The lowest BCUT2D eigenvalue weighted by molar-refractivity contribution is -0.102. The standard InChI is InChI=1S/C12H24O3S/c1-11(2)7-4-5-8-12(11,13)9-6-10-16(3,14)15/h13H,4-10H2,1-3H3. The molecule has 0 aromatic rings. The third-order valence-electron chi connectivity index (χ3n) is 4.01. The number of rotatable bonds is 4. The summed E-state index contributed by atoms with van der Waals surface area (Å²) in [6.45, 7) is 4.18. The zero-order valence-corrected chi connectivity index (χ0v) is 11.4. The summed E-state index contributed by atoms with van der Waals surface area (Å²) in [7, 11) is -2.90. The summed E-state index contributed by atoms with van der Waals surface area (Å²) in [5.74, 6) is 0.186. The molecule has 4 heteroatoms. The van der Waals surface area contributed by atoms with E-state index in [4.69, 9.17) is 0 Å². The molecule has 0 radical (unpaired) electrons. The first-order chi connectivity index (χ1) is 7.16. The minimum absolute atomic E-state index is 0.0806. The molecule has 1 rings (SSSR count). The first-order valence-corrected chi connectivity index (χ1v) is 8.13. The molecule has 0 saturated heterocycles. The minimum atomic E-state index is -2.90. The zero-order chi connectivity index (χ0) is 12.4. The highest BCUT2D eigenvalue weighted by Gasteiger charge is 2.44. The summed E-state index contributed by atoms with van der Waals surface area (Å²) in [6.07, 6.45) is 6.49. The summed E-state index contributed by atoms with van der Waals surface area (Å²) in [6, 6.07) is 0. The van der Waals surface area contributed by atoms with Crippen molar-refractivity contribution >= 4 is 9.84 Å². The van der Waals surface area contributed by atoms with E-state index in [1.165, 1.54) is 12.7 Å². The monoisotopic (exact) mass is 248 g/mol. The smallest absolute Gasteiger partial charge is 0.147 e. The van der Waals surface area contributed by atoms with E-state index < -0.39 is 15.4 Å². The van der Waals surface area contributed by atoms with Crippen LogP contribution in [0.4, 0.5) is 0 Å². The van der Waals surface area contributed by atoms with Crippen LogP contribution in [0, 0.1) is 5.41 Å². The Kier molecular flexibility index (Phi) is 4.06. The van der Waals surface area contributed by atoms with Crippen LogP contribution in [-0.2, 0) is 9.84 Å². The maximum absolute atomic E-state index is 11.1. The van der Waals surface area contributed by atoms with Gasteiger partial charge in [0.2, 0.25) is 0 Å². The van der Waals surface area contributed by atoms with E-state index >= 15 is 0 Å². The van der Waals surface area contributed by atoms with Gasteiger partial charge in [-0.2, -0.15) is 0 Å². The highest BCUT2D eigenvalue weighted by Crippen LogP contribution is 2.46. The summed E-state index contributed by atoms with van der Waals surface area (Å²) in [4.78, 5) is 0. The lowest BCUT2D eigenvalue weighted by Gasteiger charge is -2.46. The van der Waals surface area contributed by atoms with Gasteiger partial charge in [-0.1, -0.05) is 26.7 Å². The van der Waals surface area contributed by atoms with Crippen LogP contribution < -0.4 is 0 Å². The van der Waals surface area contributed by atoms with Crippen molar-refractivity contribution < 1.29 is 13.5 Å². The molecule has 1 saturated carbocycles. The molecular formula is C12H24O3S. The first-order valence-electron chi connectivity index (χ1n) is 6.06. The van der Waals surface area contributed by atoms with Gasteiger partial charge < -0.3 is 5.11 Å². The molecule has 1 atom stereocenters. The average molecular weight is 248 g/mol. The van der Waals surface area contributed by atoms with Gasteiger partial charge in [0, 0.05) is 12.0 Å². The Morgan fingerprint density at radius 1 is 1.19 bits per heavy atom. The van der Waals surface area contributed by atoms with Gasteiger partial charge in [0.15, 0.2) is 0 Å². The molecule has 0 aromatic heterocycles. The predicted molar refractivity (Wildman–Crippen MR) is 66.1 cm³/mol. The van der Waals surface area contributed by atoms with E-state index in [-0.39, 0.29) is 11.2 Å². The van der Waals surface area contributed by atoms with Crippen LogP contribution in [0.5, 0.6) is 0 Å². The van der Waals surface area contributed by atoms with E-state index in [1.807, 2.05) is 0 Å². The second-order valence-electron chi connectivity index (χ2n) is 5.86. The van der Waals surface area contributed by atoms with E-state index in [2.05, 4.69) is 13.8 Å². The quantitative estimate of drug-likeness (QED) is 0.829. The van der Waals surface area contributed by atoms with Crippen molar-refractivity contribution in [2.24, 2.45) is 5.41 Å². The third kappa shape index (κ3) is 3.45. The summed E-state index contributed by atoms with van der Waals surface area (Å²) in [5.41, 5.74) is -0.751. The van der Waals surface area contributed by atoms with Crippen LogP contribution in [0.25, 0.3) is 0 Å². The number of aliphatic hydroxyl groups is 1. The normalized spacial score (nSPS) is 30.2. The van der Waals surface area contributed by atoms with Crippen LogP contribution >= 0.6 is 0 Å². The summed E-state index contributed by atoms with van der Waals surface area (Å²) in [5, 5.41) is 10.6. The molecule has 0 amide bonds. The van der Waals surface area contributed by atoms with Crippen LogP contribution in [0.15, 0.2) is 0 Å². The third-order valence-corrected chi connectivity index (χ3v) is 5.04. The Hall–Kier alpha value is -0.0900. The molecule has 3 nitrogen and oxygen atoms in total. The van der Waals surface area contributed by atoms with Crippen molar-refractivity contribution in [1.29, 1.82) is 0 Å². The predicted octanol–water partition coefficient (Wildman–Crippen LogP) is 2.14. The molecule has 0 spiro atoms. The maximum Gasteiger partial charge on any atom is 0.147 e. The van der Waals surface area contributed by atoms with E-state index in [0.717, 1.165) is 19.3 Å². The largest absolute Gasteiger partial charge is 0.389 e. The second-order valence-corrected chi connectivity index (χ2v) is 8.12. The SMILES string of the molecule is CC1(C)CCCCC1(O)CCCS(C)(=O)=O. The van der Waals surface area contributed by atoms with Crippen LogP contribution in [-0.4, -0.2) is 31.1 Å². The average Bonchev–Trinajstić information content (AvgIpc) is 2.08. The Morgan fingerprint density at radius 3 is 2.25 bits per heavy atom. The number of sulfone groups is 1. The van der Waals surface area contributed by atoms with Crippen LogP contribution in [0.1, 0.15) is 52.4 Å². The fraction of sp³-hybridized carbons (Fsp3) is 1.00. The van der Waals surface area contributed by atoms with Crippen molar-refractivity contribution in [1.82, 2.24) is 0 Å². The molecular weight excluding hydrogens is 224 g/mol. The molecule has 1 aliphatic carbocycles. The van der Waals surface area contributed by atoms with Crippen molar-refractivity contribution in [3.63, 3.8) is 0 Å². The van der Waals surface area contributed by atoms with Gasteiger partial charge in [0.25, 0.3) is 0 Å². The van der Waals surface area contributed by atoms with E-state index in [1.54, 1.807) is 0 Å². The fourth-order valence-electron chi connectivity index (χ4n) is 2.65. The molecule has 1 fully saturated rings. The van der Waals surface area contributed by atoms with Crippen molar-refractivity contribution in [2.45, 2.75) is 58.0 Å². The van der Waals surface area contributed by atoms with Crippen LogP contribution in [0.2, 0.25) is 0 Å². The molecule has 0 bridgehead atoms. The van der Waals surface area contributed by atoms with Gasteiger partial charge in [-0.05, 0) is 31.1 Å². The molecule has 1 unspecified atom stereocenters. The lowest BCUT2D eigenvalue weighted by atomic mass is 9.64. The fourth-order valence-corrected chi connectivity index (χ4v) is 3.31. The lowest BCUT2D eigenvalue weighted by Crippen LogP contribution is -2.47. The van der Waals surface area contributed by atoms with Gasteiger partial charge in [-0.3, -0.25) is 0 Å². The van der Waals surface area contributed by atoms with E-state index in [9.17, 15) is 13.5 Å². The van der Waals surface area contributed by atoms with Crippen molar-refractivity contribution in [3.8, 4) is 0 Å². The maximum atomic E-state index is 11.1. The Balaban J connectivity index is 2.56. The van der Waals surface area contributed by atoms with Crippen LogP contribution in [0.3, 0.4) is 0 Å². The Labute approximate surface area is 99.2 Å². The highest BCUT2D eigenvalue weighted by atomic mass is 32.2. The van der Waals surface area contributed by atoms with Crippen molar-refractivity contribution in [2.75, 3.05) is 12.0 Å².